The molecule has 0 bridgehead atoms. The predicted molar refractivity (Wildman–Crippen MR) is 209 cm³/mol. The van der Waals surface area contributed by atoms with Crippen LogP contribution < -0.4 is 26.0 Å². The van der Waals surface area contributed by atoms with Gasteiger partial charge in [0, 0.05) is 56.8 Å². The number of aromatic nitrogens is 6. The molecule has 2 N–H and O–H groups in total. The van der Waals surface area contributed by atoms with Crippen LogP contribution in [-0.4, -0.2) is 91.6 Å². The second-order valence-electron chi connectivity index (χ2n) is 15.7. The Balaban J connectivity index is 0.866. The molecule has 5 heterocycles. The molecule has 5 aromatic rings. The standard InChI is InChI=1S/C40H45F3N10O5/c1-49(26-13-15-51(16-14-26)30-5-4-6-31-36(30)50(2)39(57)53(31)32-11-12-35(54)46-38(32)56)21-23-7-9-27(10-8-23)52-22-25-17-29(33(58-3)19-28(25)48-52)45-37(55)24-18-34(40(41,42)43)47-44-20-24/h4-6,17-20,22-23,26-27,32H,7-16,21H2,1-3H3,(H,45,55)(H,46,54,56). The molecule has 18 heteroatoms. The van der Waals surface area contributed by atoms with Crippen molar-refractivity contribution in [2.24, 2.45) is 13.0 Å². The van der Waals surface area contributed by atoms with Gasteiger partial charge in [-0.25, -0.2) is 4.79 Å². The van der Waals surface area contributed by atoms with Crippen LogP contribution in [0.15, 0.2) is 53.6 Å². The first-order valence-electron chi connectivity index (χ1n) is 19.6. The first-order chi connectivity index (χ1) is 27.8. The summed E-state index contributed by atoms with van der Waals surface area (Å²) in [6.45, 7) is 2.66. The molecule has 15 nitrogen and oxygen atoms in total. The second kappa shape index (κ2) is 15.5. The lowest BCUT2D eigenvalue weighted by Crippen LogP contribution is -2.45. The minimum Gasteiger partial charge on any atom is -0.494 e. The van der Waals surface area contributed by atoms with E-state index in [4.69, 9.17) is 9.84 Å². The fourth-order valence-corrected chi connectivity index (χ4v) is 8.95. The Morgan fingerprint density at radius 1 is 1.03 bits per heavy atom. The molecule has 1 aliphatic carbocycles. The van der Waals surface area contributed by atoms with E-state index in [1.165, 1.54) is 11.7 Å². The molecule has 3 aromatic heterocycles. The summed E-state index contributed by atoms with van der Waals surface area (Å²) in [4.78, 5) is 55.7. The number of hydrogen-bond donors (Lipinski definition) is 2. The Morgan fingerprint density at radius 3 is 2.50 bits per heavy atom. The molecule has 2 aliphatic heterocycles. The number of alkyl halides is 3. The van der Waals surface area contributed by atoms with E-state index in [1.54, 1.807) is 23.7 Å². The van der Waals surface area contributed by atoms with Crippen molar-refractivity contribution < 1.29 is 32.3 Å². The number of fused-ring (bicyclic) bond motifs is 2. The van der Waals surface area contributed by atoms with Crippen molar-refractivity contribution in [3.63, 3.8) is 0 Å². The maximum atomic E-state index is 13.4. The zero-order chi connectivity index (χ0) is 40.9. The van der Waals surface area contributed by atoms with Gasteiger partial charge in [0.1, 0.15) is 11.8 Å². The summed E-state index contributed by atoms with van der Waals surface area (Å²) in [5, 5.41) is 17.0. The van der Waals surface area contributed by atoms with Gasteiger partial charge < -0.3 is 19.9 Å². The molecule has 306 valence electrons. The van der Waals surface area contributed by atoms with Crippen molar-refractivity contribution in [2.75, 3.05) is 44.0 Å². The van der Waals surface area contributed by atoms with Crippen molar-refractivity contribution >= 4 is 51.0 Å². The highest BCUT2D eigenvalue weighted by molar-refractivity contribution is 6.06. The summed E-state index contributed by atoms with van der Waals surface area (Å²) in [6.07, 6.45) is 4.65. The van der Waals surface area contributed by atoms with Gasteiger partial charge in [-0.1, -0.05) is 6.07 Å². The monoisotopic (exact) mass is 802 g/mol. The van der Waals surface area contributed by atoms with E-state index >= 15 is 0 Å². The summed E-state index contributed by atoms with van der Waals surface area (Å²) in [5.41, 5.74) is 1.63. The third-order valence-corrected chi connectivity index (χ3v) is 12.1. The normalized spacial score (nSPS) is 20.9. The molecule has 3 amide bonds. The van der Waals surface area contributed by atoms with Gasteiger partial charge in [0.15, 0.2) is 5.69 Å². The molecule has 1 saturated carbocycles. The number of anilines is 2. The highest BCUT2D eigenvalue weighted by atomic mass is 19.4. The predicted octanol–water partition coefficient (Wildman–Crippen LogP) is 5.07. The van der Waals surface area contributed by atoms with Crippen LogP contribution in [0.4, 0.5) is 24.5 Å². The van der Waals surface area contributed by atoms with Crippen LogP contribution in [0.3, 0.4) is 0 Å². The lowest BCUT2D eigenvalue weighted by molar-refractivity contribution is -0.142. The van der Waals surface area contributed by atoms with Crippen molar-refractivity contribution in [3.8, 4) is 5.75 Å². The average molecular weight is 803 g/mol. The number of piperidine rings is 2. The number of benzene rings is 2. The molecule has 2 aromatic carbocycles. The number of rotatable bonds is 9. The molecule has 1 atom stereocenters. The second-order valence-corrected chi connectivity index (χ2v) is 15.7. The van der Waals surface area contributed by atoms with Crippen LogP contribution in [-0.2, 0) is 22.8 Å². The number of ether oxygens (including phenoxy) is 1. The summed E-state index contributed by atoms with van der Waals surface area (Å²) in [6, 6.07) is 9.81. The number of carbonyl (C=O) groups excluding carboxylic acids is 3. The van der Waals surface area contributed by atoms with E-state index in [9.17, 15) is 32.3 Å². The first kappa shape index (κ1) is 39.1. The van der Waals surface area contributed by atoms with E-state index in [-0.39, 0.29) is 29.6 Å². The van der Waals surface area contributed by atoms with Gasteiger partial charge in [0.05, 0.1) is 52.8 Å². The number of imidazole rings is 1. The molecular formula is C40H45F3N10O5. The summed E-state index contributed by atoms with van der Waals surface area (Å²) < 4.78 is 50.1. The maximum Gasteiger partial charge on any atom is 0.435 e. The highest BCUT2D eigenvalue weighted by Crippen LogP contribution is 2.37. The van der Waals surface area contributed by atoms with Crippen LogP contribution in [0.5, 0.6) is 5.75 Å². The molecule has 2 saturated heterocycles. The van der Waals surface area contributed by atoms with Crippen molar-refractivity contribution in [1.82, 2.24) is 39.3 Å². The number of halogens is 3. The van der Waals surface area contributed by atoms with Crippen molar-refractivity contribution in [2.45, 2.75) is 75.7 Å². The van der Waals surface area contributed by atoms with Gasteiger partial charge in [0.2, 0.25) is 11.8 Å². The number of imide groups is 1. The molecule has 58 heavy (non-hydrogen) atoms. The molecule has 0 radical (unpaired) electrons. The molecular weight excluding hydrogens is 757 g/mol. The van der Waals surface area contributed by atoms with Crippen molar-refractivity contribution in [3.05, 3.63) is 70.5 Å². The fraction of sp³-hybridized carbons (Fsp3) is 0.475. The topological polar surface area (TPSA) is 162 Å². The van der Waals surface area contributed by atoms with Gasteiger partial charge in [-0.3, -0.25) is 33.5 Å². The fourth-order valence-electron chi connectivity index (χ4n) is 8.95. The minimum absolute atomic E-state index is 0.196. The van der Waals surface area contributed by atoms with E-state index in [0.29, 0.717) is 46.9 Å². The zero-order valence-corrected chi connectivity index (χ0v) is 32.5. The Morgan fingerprint density at radius 2 is 1.79 bits per heavy atom. The molecule has 1 unspecified atom stereocenters. The quantitative estimate of drug-likeness (QED) is 0.193. The molecule has 0 spiro atoms. The third-order valence-electron chi connectivity index (χ3n) is 12.1. The lowest BCUT2D eigenvalue weighted by atomic mass is 9.85. The summed E-state index contributed by atoms with van der Waals surface area (Å²) >= 11 is 0. The SMILES string of the molecule is COc1cc2nn(C3CCC(CN(C)C4CCN(c5cccc6c5n(C)c(=O)n6C5CCC(=O)NC5=O)CC4)CC3)cc2cc1NC(=O)c1cnnc(C(F)(F)F)c1. The lowest BCUT2D eigenvalue weighted by Gasteiger charge is -2.40. The van der Waals surface area contributed by atoms with Gasteiger partial charge in [0.25, 0.3) is 5.91 Å². The Hall–Kier alpha value is -5.78. The summed E-state index contributed by atoms with van der Waals surface area (Å²) in [5.74, 6) is -0.661. The number of methoxy groups -OCH3 is 1. The first-order valence-corrected chi connectivity index (χ1v) is 19.6. The smallest absolute Gasteiger partial charge is 0.435 e. The number of aryl methyl sites for hydroxylation is 1. The number of hydrogen-bond acceptors (Lipinski definition) is 10. The Bertz CT molecular complexity index is 2440. The summed E-state index contributed by atoms with van der Waals surface area (Å²) in [7, 11) is 5.39. The molecule has 3 aliphatic rings. The number of nitrogens with zero attached hydrogens (tertiary/aromatic N) is 8. The van der Waals surface area contributed by atoms with Crippen LogP contribution in [0.1, 0.15) is 79.5 Å². The minimum atomic E-state index is -4.73. The number of para-hydroxylation sites is 1. The Kier molecular flexibility index (Phi) is 10.5. The average Bonchev–Trinajstić information content (AvgIpc) is 3.74. The van der Waals surface area contributed by atoms with Crippen LogP contribution in [0, 0.1) is 5.92 Å². The highest BCUT2D eigenvalue weighted by Gasteiger charge is 2.35. The van der Waals surface area contributed by atoms with Crippen LogP contribution >= 0.6 is 0 Å². The van der Waals surface area contributed by atoms with Gasteiger partial charge in [-0.15, -0.1) is 5.10 Å². The van der Waals surface area contributed by atoms with E-state index in [2.05, 4.69) is 37.7 Å². The molecule has 8 rings (SSSR count). The third kappa shape index (κ3) is 7.52. The van der Waals surface area contributed by atoms with Gasteiger partial charge >= 0.3 is 11.9 Å². The number of amides is 3. The van der Waals surface area contributed by atoms with Crippen molar-refractivity contribution in [1.29, 1.82) is 0 Å². The van der Waals surface area contributed by atoms with Gasteiger partial charge in [-0.2, -0.15) is 23.4 Å². The number of nitrogens with one attached hydrogen (secondary N) is 2. The van der Waals surface area contributed by atoms with E-state index in [0.717, 1.165) is 80.9 Å². The molecule has 3 fully saturated rings. The van der Waals surface area contributed by atoms with Crippen LogP contribution in [0.25, 0.3) is 21.9 Å². The Labute approximate surface area is 331 Å². The largest absolute Gasteiger partial charge is 0.494 e. The van der Waals surface area contributed by atoms with Gasteiger partial charge in [-0.05, 0) is 82.2 Å². The van der Waals surface area contributed by atoms with E-state index in [1.807, 2.05) is 29.1 Å². The number of carbonyl (C=O) groups is 3. The zero-order valence-electron chi connectivity index (χ0n) is 32.5. The van der Waals surface area contributed by atoms with Crippen LogP contribution in [0.2, 0.25) is 0 Å². The maximum absolute atomic E-state index is 13.4. The van der Waals surface area contributed by atoms with E-state index < -0.39 is 29.7 Å².